The first kappa shape index (κ1) is 15.2. The predicted octanol–water partition coefficient (Wildman–Crippen LogP) is 2.68. The van der Waals surface area contributed by atoms with Gasteiger partial charge >= 0.3 is 0 Å². The molecule has 0 bridgehead atoms. The first-order valence-corrected chi connectivity index (χ1v) is 7.38. The van der Waals surface area contributed by atoms with Crippen molar-refractivity contribution in [2.45, 2.75) is 13.0 Å². The van der Waals surface area contributed by atoms with Gasteiger partial charge in [-0.2, -0.15) is 5.10 Å². The van der Waals surface area contributed by atoms with Crippen LogP contribution in [0.4, 0.5) is 0 Å². The minimum absolute atomic E-state index is 0.156. The van der Waals surface area contributed by atoms with Crippen molar-refractivity contribution in [3.8, 4) is 0 Å². The molecule has 7 heteroatoms. The lowest BCUT2D eigenvalue weighted by Gasteiger charge is -2.16. The molecule has 2 N–H and O–H groups in total. The van der Waals surface area contributed by atoms with Crippen LogP contribution in [-0.2, 0) is 0 Å². The second-order valence-corrected chi connectivity index (χ2v) is 5.30. The summed E-state index contributed by atoms with van der Waals surface area (Å²) in [7, 11) is 0. The molecular weight excluding hydrogens is 314 g/mol. The molecule has 0 aliphatic carbocycles. The number of hydrogen-bond acceptors (Lipinski definition) is 4. The molecule has 0 saturated carbocycles. The topological polar surface area (TPSA) is 83.6 Å². The van der Waals surface area contributed by atoms with Gasteiger partial charge in [0.2, 0.25) is 0 Å². The molecule has 1 atom stereocenters. The fourth-order valence-electron chi connectivity index (χ4n) is 2.20. The number of nitrogens with one attached hydrogen (secondary N) is 2. The van der Waals surface area contributed by atoms with Crippen molar-refractivity contribution in [3.63, 3.8) is 0 Å². The zero-order chi connectivity index (χ0) is 16.2. The molecule has 0 aliphatic rings. The highest BCUT2D eigenvalue weighted by Gasteiger charge is 2.22. The van der Waals surface area contributed by atoms with E-state index in [1.54, 1.807) is 19.1 Å². The Balaban J connectivity index is 1.94. The molecule has 6 nitrogen and oxygen atoms in total. The van der Waals surface area contributed by atoms with Crippen LogP contribution in [0.25, 0.3) is 0 Å². The van der Waals surface area contributed by atoms with E-state index in [4.69, 9.17) is 11.6 Å². The summed E-state index contributed by atoms with van der Waals surface area (Å²) in [5.74, 6) is 0.830. The number of amides is 1. The number of carbonyl (C=O) groups excluding carboxylic acids is 1. The number of halogens is 1. The molecule has 0 spiro atoms. The maximum atomic E-state index is 12.5. The predicted molar refractivity (Wildman–Crippen MR) is 86.1 cm³/mol. The average molecular weight is 328 g/mol. The van der Waals surface area contributed by atoms with Crippen molar-refractivity contribution < 1.29 is 4.79 Å². The van der Waals surface area contributed by atoms with Crippen LogP contribution in [0.5, 0.6) is 0 Å². The van der Waals surface area contributed by atoms with Gasteiger partial charge in [-0.05, 0) is 24.6 Å². The van der Waals surface area contributed by atoms with E-state index in [9.17, 15) is 4.79 Å². The maximum Gasteiger partial charge on any atom is 0.255 e. The lowest BCUT2D eigenvalue weighted by Crippen LogP contribution is -2.30. The van der Waals surface area contributed by atoms with Crippen molar-refractivity contribution in [1.29, 1.82) is 0 Å². The van der Waals surface area contributed by atoms with E-state index in [0.717, 1.165) is 5.56 Å². The van der Waals surface area contributed by atoms with Gasteiger partial charge in [-0.1, -0.05) is 41.9 Å². The number of carbonyl (C=O) groups is 1. The summed E-state index contributed by atoms with van der Waals surface area (Å²) in [6.45, 7) is 1.80. The van der Waals surface area contributed by atoms with E-state index >= 15 is 0 Å². The molecule has 0 aliphatic heterocycles. The second kappa shape index (κ2) is 6.58. The minimum Gasteiger partial charge on any atom is -0.338 e. The van der Waals surface area contributed by atoms with Crippen LogP contribution in [0.15, 0.2) is 48.7 Å². The zero-order valence-electron chi connectivity index (χ0n) is 12.3. The number of rotatable bonds is 4. The smallest absolute Gasteiger partial charge is 0.255 e. The molecule has 2 aromatic heterocycles. The third-order valence-electron chi connectivity index (χ3n) is 3.28. The maximum absolute atomic E-state index is 12.5. The number of aromatic amines is 1. The van der Waals surface area contributed by atoms with Gasteiger partial charge in [-0.25, -0.2) is 9.97 Å². The fourth-order valence-corrected chi connectivity index (χ4v) is 2.40. The Bertz CT molecular complexity index is 818. The average Bonchev–Trinajstić information content (AvgIpc) is 3.00. The molecule has 0 radical (unpaired) electrons. The molecule has 23 heavy (non-hydrogen) atoms. The molecule has 1 unspecified atom stereocenters. The van der Waals surface area contributed by atoms with Crippen LogP contribution in [0.1, 0.15) is 33.6 Å². The normalized spacial score (nSPS) is 11.9. The van der Waals surface area contributed by atoms with Gasteiger partial charge in [0, 0.05) is 6.20 Å². The van der Waals surface area contributed by atoms with Gasteiger partial charge in [0.1, 0.15) is 17.0 Å². The van der Waals surface area contributed by atoms with E-state index in [-0.39, 0.29) is 11.1 Å². The minimum atomic E-state index is -0.482. The fraction of sp³-hybridized carbons (Fsp3) is 0.125. The summed E-state index contributed by atoms with van der Waals surface area (Å²) in [5.41, 5.74) is 1.18. The molecule has 3 aromatic rings. The van der Waals surface area contributed by atoms with E-state index < -0.39 is 6.04 Å². The summed E-state index contributed by atoms with van der Waals surface area (Å²) in [5, 5.41) is 10.0. The highest BCUT2D eigenvalue weighted by atomic mass is 35.5. The molecule has 1 aromatic carbocycles. The number of H-pyrrole nitrogens is 1. The molecular formula is C16H14ClN5O. The van der Waals surface area contributed by atoms with Gasteiger partial charge in [-0.15, -0.1) is 0 Å². The van der Waals surface area contributed by atoms with Crippen LogP contribution in [0.2, 0.25) is 5.15 Å². The Morgan fingerprint density at radius 3 is 2.65 bits per heavy atom. The molecule has 3 rings (SSSR count). The van der Waals surface area contributed by atoms with Gasteiger partial charge in [0.15, 0.2) is 5.82 Å². The van der Waals surface area contributed by atoms with E-state index in [1.165, 1.54) is 6.20 Å². The lowest BCUT2D eigenvalue weighted by molar-refractivity contribution is 0.0941. The molecule has 2 heterocycles. The van der Waals surface area contributed by atoms with E-state index in [0.29, 0.717) is 17.2 Å². The number of aryl methyl sites for hydroxylation is 1. The third-order valence-corrected chi connectivity index (χ3v) is 3.59. The number of benzene rings is 1. The molecule has 116 valence electrons. The SMILES string of the molecule is Cc1nc(C(NC(=O)c2cccnc2Cl)c2ccccc2)n[nH]1. The first-order valence-electron chi connectivity index (χ1n) is 7.00. The molecule has 1 amide bonds. The molecule has 0 fully saturated rings. The monoisotopic (exact) mass is 327 g/mol. The Kier molecular flexibility index (Phi) is 4.34. The van der Waals surface area contributed by atoms with Crippen molar-refractivity contribution in [3.05, 3.63) is 76.6 Å². The van der Waals surface area contributed by atoms with Crippen molar-refractivity contribution in [2.24, 2.45) is 0 Å². The van der Waals surface area contributed by atoms with Crippen LogP contribution in [-0.4, -0.2) is 26.1 Å². The number of nitrogens with zero attached hydrogens (tertiary/aromatic N) is 3. The number of hydrogen-bond donors (Lipinski definition) is 2. The van der Waals surface area contributed by atoms with Crippen molar-refractivity contribution >= 4 is 17.5 Å². The Morgan fingerprint density at radius 2 is 2.00 bits per heavy atom. The van der Waals surface area contributed by atoms with Crippen LogP contribution >= 0.6 is 11.6 Å². The summed E-state index contributed by atoms with van der Waals surface area (Å²) < 4.78 is 0. The Hall–Kier alpha value is -2.73. The third kappa shape index (κ3) is 3.37. The van der Waals surface area contributed by atoms with E-state index in [2.05, 4.69) is 25.5 Å². The zero-order valence-corrected chi connectivity index (χ0v) is 13.1. The van der Waals surface area contributed by atoms with Crippen LogP contribution in [0, 0.1) is 6.92 Å². The highest BCUT2D eigenvalue weighted by molar-refractivity contribution is 6.32. The van der Waals surface area contributed by atoms with Crippen molar-refractivity contribution in [2.75, 3.05) is 0 Å². The van der Waals surface area contributed by atoms with Gasteiger partial charge in [0.05, 0.1) is 5.56 Å². The first-order chi connectivity index (χ1) is 11.1. The van der Waals surface area contributed by atoms with Gasteiger partial charge in [-0.3, -0.25) is 9.89 Å². The van der Waals surface area contributed by atoms with Crippen molar-refractivity contribution in [1.82, 2.24) is 25.5 Å². The van der Waals surface area contributed by atoms with Gasteiger partial charge < -0.3 is 5.32 Å². The summed E-state index contributed by atoms with van der Waals surface area (Å²) in [6.07, 6.45) is 1.53. The Morgan fingerprint density at radius 1 is 1.22 bits per heavy atom. The number of pyridine rings is 1. The van der Waals surface area contributed by atoms with Crippen LogP contribution in [0.3, 0.4) is 0 Å². The summed E-state index contributed by atoms with van der Waals surface area (Å²) in [4.78, 5) is 20.8. The summed E-state index contributed by atoms with van der Waals surface area (Å²) in [6, 6.07) is 12.3. The number of aromatic nitrogens is 4. The van der Waals surface area contributed by atoms with Gasteiger partial charge in [0.25, 0.3) is 5.91 Å². The highest BCUT2D eigenvalue weighted by Crippen LogP contribution is 2.20. The standard InChI is InChI=1S/C16H14ClN5O/c1-10-19-15(22-21-10)13(11-6-3-2-4-7-11)20-16(23)12-8-5-9-18-14(12)17/h2-9,13H,1H3,(H,20,23)(H,19,21,22). The lowest BCUT2D eigenvalue weighted by atomic mass is 10.1. The largest absolute Gasteiger partial charge is 0.338 e. The molecule has 0 saturated heterocycles. The Labute approximate surface area is 137 Å². The van der Waals surface area contributed by atoms with E-state index in [1.807, 2.05) is 30.3 Å². The van der Waals surface area contributed by atoms with Crippen LogP contribution < -0.4 is 5.32 Å². The second-order valence-electron chi connectivity index (χ2n) is 4.94. The summed E-state index contributed by atoms with van der Waals surface area (Å²) >= 11 is 5.99. The quantitative estimate of drug-likeness (QED) is 0.722.